The topological polar surface area (TPSA) is 121 Å². The van der Waals surface area contributed by atoms with E-state index in [1.54, 1.807) is 0 Å². The summed E-state index contributed by atoms with van der Waals surface area (Å²) in [5, 5.41) is 0. The van der Waals surface area contributed by atoms with Gasteiger partial charge in [-0.3, -0.25) is 9.80 Å². The first kappa shape index (κ1) is 57.8. The van der Waals surface area contributed by atoms with Gasteiger partial charge in [0, 0.05) is 45.7 Å². The monoisotopic (exact) mass is 1250 g/mol. The number of ether oxygens (including phenoxy) is 4. The maximum Gasteiger partial charge on any atom is 0.265 e. The Bertz CT molecular complexity index is 5150. The zero-order valence-corrected chi connectivity index (χ0v) is 56.6. The van der Waals surface area contributed by atoms with Gasteiger partial charge in [-0.2, -0.15) is 19.9 Å². The van der Waals surface area contributed by atoms with Crippen molar-refractivity contribution in [1.29, 1.82) is 0 Å². The average molecular weight is 1250 g/mol. The highest BCUT2D eigenvalue weighted by molar-refractivity contribution is 7.03. The lowest BCUT2D eigenvalue weighted by Gasteiger charge is -2.45. The first-order chi connectivity index (χ1) is 46.2. The fraction of sp³-hybridized carbons (Fsp3) is 0.185. The molecule has 9 aromatic carbocycles. The zero-order valence-electron chi connectivity index (χ0n) is 56.6. The molecule has 0 unspecified atom stereocenters. The Morgan fingerprint density at radius 1 is 0.271 bits per heavy atom. The number of para-hydroxylation sites is 2. The summed E-state index contributed by atoms with van der Waals surface area (Å²) in [4.78, 5) is 38.5. The van der Waals surface area contributed by atoms with Crippen LogP contribution < -0.4 is 77.9 Å². The predicted octanol–water partition coefficient (Wildman–Crippen LogP) is 13.2. The highest BCUT2D eigenvalue weighted by Gasteiger charge is 2.52. The molecule has 12 aromatic rings. The second kappa shape index (κ2) is 20.6. The van der Waals surface area contributed by atoms with E-state index in [2.05, 4.69) is 235 Å². The van der Waals surface area contributed by atoms with Crippen LogP contribution in [0.5, 0.6) is 46.5 Å². The Morgan fingerprint density at radius 3 is 0.885 bits per heavy atom. The number of rotatable bonds is 5. The molecule has 12 nitrogen and oxygen atoms in total. The van der Waals surface area contributed by atoms with E-state index in [-0.39, 0.29) is 13.4 Å². The largest absolute Gasteiger partial charge is 0.440 e. The molecule has 3 aromatic heterocycles. The molecule has 15 heteroatoms. The molecular formula is C81H67B3N8O4. The Balaban J connectivity index is 0.965. The third kappa shape index (κ3) is 8.37. The van der Waals surface area contributed by atoms with E-state index < -0.39 is 6.71 Å². The van der Waals surface area contributed by atoms with Crippen LogP contribution in [0.15, 0.2) is 133 Å². The molecular weight excluding hydrogens is 1180 g/mol. The van der Waals surface area contributed by atoms with Gasteiger partial charge < -0.3 is 18.9 Å². The molecule has 6 aliphatic heterocycles. The van der Waals surface area contributed by atoms with E-state index in [1.807, 2.05) is 12.1 Å². The maximum atomic E-state index is 7.45. The smallest absolute Gasteiger partial charge is 0.265 e. The third-order valence-electron chi connectivity index (χ3n) is 20.7. The number of aryl methyl sites for hydroxylation is 15. The lowest BCUT2D eigenvalue weighted by atomic mass is 9.30. The highest BCUT2D eigenvalue weighted by atomic mass is 16.5. The number of hydrogen-bond donors (Lipinski definition) is 0. The number of aromatic nitrogens is 6. The molecule has 0 fully saturated rings. The summed E-state index contributed by atoms with van der Waals surface area (Å²) >= 11 is 0. The number of nitrogens with zero attached hydrogens (tertiary/aromatic N) is 8. The van der Waals surface area contributed by atoms with Crippen molar-refractivity contribution < 1.29 is 18.9 Å². The molecule has 0 saturated heterocycles. The molecule has 0 atom stereocenters. The van der Waals surface area contributed by atoms with Crippen LogP contribution in [0.25, 0.3) is 34.2 Å². The third-order valence-corrected chi connectivity index (χ3v) is 20.7. The summed E-state index contributed by atoms with van der Waals surface area (Å²) in [6.07, 6.45) is 0. The fourth-order valence-corrected chi connectivity index (χ4v) is 17.5. The molecule has 9 heterocycles. The van der Waals surface area contributed by atoms with Crippen molar-refractivity contribution in [2.75, 3.05) is 9.80 Å². The van der Waals surface area contributed by atoms with E-state index >= 15 is 0 Å². The minimum Gasteiger partial charge on any atom is -0.440 e. The van der Waals surface area contributed by atoms with E-state index in [4.69, 9.17) is 48.9 Å². The summed E-state index contributed by atoms with van der Waals surface area (Å²) in [5.74, 6) is 8.05. The molecule has 464 valence electrons. The second-order valence-corrected chi connectivity index (χ2v) is 27.9. The fourth-order valence-electron chi connectivity index (χ4n) is 17.5. The first-order valence-corrected chi connectivity index (χ1v) is 33.2. The van der Waals surface area contributed by atoms with Crippen LogP contribution >= 0.6 is 0 Å². The van der Waals surface area contributed by atoms with Crippen LogP contribution in [-0.4, -0.2) is 50.0 Å². The van der Waals surface area contributed by atoms with Gasteiger partial charge in [-0.05, 0) is 204 Å². The van der Waals surface area contributed by atoms with Gasteiger partial charge in [0.2, 0.25) is 23.5 Å². The summed E-state index contributed by atoms with van der Waals surface area (Å²) in [7, 11) is 0. The van der Waals surface area contributed by atoms with Crippen molar-refractivity contribution >= 4 is 104 Å². The normalized spacial score (nSPS) is 13.6. The Labute approximate surface area is 560 Å². The van der Waals surface area contributed by atoms with Crippen molar-refractivity contribution in [2.24, 2.45) is 0 Å². The molecule has 0 amide bonds. The van der Waals surface area contributed by atoms with Crippen LogP contribution in [0.1, 0.15) is 83.5 Å². The van der Waals surface area contributed by atoms with E-state index in [0.717, 1.165) is 167 Å². The van der Waals surface area contributed by atoms with Gasteiger partial charge in [-0.15, -0.1) is 0 Å². The molecule has 0 saturated carbocycles. The molecule has 0 aliphatic carbocycles. The number of benzene rings is 9. The predicted molar refractivity (Wildman–Crippen MR) is 390 cm³/mol. The van der Waals surface area contributed by atoms with Crippen LogP contribution in [-0.2, 0) is 0 Å². The van der Waals surface area contributed by atoms with Gasteiger partial charge in [0.25, 0.3) is 20.1 Å². The zero-order chi connectivity index (χ0) is 65.9. The van der Waals surface area contributed by atoms with Gasteiger partial charge in [-0.25, -0.2) is 9.97 Å². The van der Waals surface area contributed by atoms with Crippen molar-refractivity contribution in [1.82, 2.24) is 29.9 Å². The summed E-state index contributed by atoms with van der Waals surface area (Å²) in [6, 6.07) is 48.5. The number of fused-ring (bicyclic) bond motifs is 12. The van der Waals surface area contributed by atoms with Gasteiger partial charge in [0.05, 0.1) is 22.3 Å². The number of anilines is 6. The van der Waals surface area contributed by atoms with Crippen LogP contribution in [0.3, 0.4) is 0 Å². The Kier molecular flexibility index (Phi) is 12.4. The SMILES string of the molecule is Cc1cc(C)c(-c2nc3c4c(n2)Oc2cc5c(cc2B4c2ccccc2O3)B2c3cc4c(cc3N(c3c(C)cc(C)cc3C)c3nc(-c6c(C)cc(C)cc6C)nc(c32)N5c2c(C)cc(C)cc2C)Oc2nc(-c3c(C)cc(C)cc3C)nc3c2B4c2ccccc2O3)c(C)c1. The molecule has 0 spiro atoms. The van der Waals surface area contributed by atoms with Gasteiger partial charge in [-0.1, -0.05) is 137 Å². The highest BCUT2D eigenvalue weighted by Crippen LogP contribution is 2.50. The molecule has 0 bridgehead atoms. The molecule has 18 rings (SSSR count). The van der Waals surface area contributed by atoms with Crippen molar-refractivity contribution in [2.45, 2.75) is 104 Å². The minimum absolute atomic E-state index is 0.369. The Hall–Kier alpha value is -10.8. The Morgan fingerprint density at radius 2 is 0.552 bits per heavy atom. The van der Waals surface area contributed by atoms with Crippen LogP contribution in [0, 0.1) is 104 Å². The van der Waals surface area contributed by atoms with Crippen molar-refractivity contribution in [3.05, 3.63) is 217 Å². The van der Waals surface area contributed by atoms with Gasteiger partial charge >= 0.3 is 0 Å². The van der Waals surface area contributed by atoms with Gasteiger partial charge in [0.15, 0.2) is 17.5 Å². The van der Waals surface area contributed by atoms with Crippen LogP contribution in [0.4, 0.5) is 34.4 Å². The average Bonchev–Trinajstić information content (AvgIpc) is 0.683. The first-order valence-electron chi connectivity index (χ1n) is 33.2. The van der Waals surface area contributed by atoms with Gasteiger partial charge in [0.1, 0.15) is 34.6 Å². The van der Waals surface area contributed by atoms with E-state index in [1.165, 1.54) is 27.8 Å². The quantitative estimate of drug-likeness (QED) is 0.153. The summed E-state index contributed by atoms with van der Waals surface area (Å²) < 4.78 is 28.8. The molecule has 0 N–H and O–H groups in total. The maximum absolute atomic E-state index is 7.45. The lowest BCUT2D eigenvalue weighted by molar-refractivity contribution is 0.439. The van der Waals surface area contributed by atoms with Crippen molar-refractivity contribution in [3.8, 4) is 80.7 Å². The second-order valence-electron chi connectivity index (χ2n) is 27.9. The van der Waals surface area contributed by atoms with E-state index in [0.29, 0.717) is 52.5 Å². The van der Waals surface area contributed by atoms with Crippen molar-refractivity contribution in [3.63, 3.8) is 0 Å². The van der Waals surface area contributed by atoms with E-state index in [9.17, 15) is 0 Å². The van der Waals surface area contributed by atoms with Crippen LogP contribution in [0.2, 0.25) is 0 Å². The summed E-state index contributed by atoms with van der Waals surface area (Å²) in [6.45, 7) is 31.3. The standard InChI is InChI=1S/C81H67B3N8O4/c1-38-24-43(6)65(44(7)25-38)73-85-76-68-77(86-73)92(72-51(14)32-42(5)33-52(72)15)60-37-64-58(83-54-21-17-19-23-62(54)94-79-70(83)81(96-64)90-75(88-79)67-47(10)28-40(3)29-48(67)11)35-56(60)84(68)55-34-57-63(36-59(55)91(76)71-49(12)30-41(4)31-50(71)13)95-80-69-78(93-61-22-18-16-20-53(61)82(57)69)87-74(89-80)66-45(8)26-39(2)27-46(66)9/h16-37H,1-15H3. The lowest BCUT2D eigenvalue weighted by Crippen LogP contribution is -2.66. The minimum atomic E-state index is -0.474. The molecule has 6 aliphatic rings. The molecule has 96 heavy (non-hydrogen) atoms. The number of hydrogen-bond acceptors (Lipinski definition) is 12. The molecule has 0 radical (unpaired) electrons. The summed E-state index contributed by atoms with van der Waals surface area (Å²) in [5.41, 5.74) is 32.3.